The number of amides is 2. The molecule has 10 heteroatoms. The topological polar surface area (TPSA) is 115 Å². The zero-order valence-corrected chi connectivity index (χ0v) is 19.8. The first kappa shape index (κ1) is 23.3. The number of hydrazone groups is 1. The van der Waals surface area contributed by atoms with Crippen molar-refractivity contribution in [3.63, 3.8) is 0 Å². The average Bonchev–Trinajstić information content (AvgIpc) is 3.35. The van der Waals surface area contributed by atoms with Gasteiger partial charge in [0.15, 0.2) is 5.78 Å². The first-order chi connectivity index (χ1) is 17.3. The summed E-state index contributed by atoms with van der Waals surface area (Å²) in [5, 5.41) is 5.89. The molecule has 2 aromatic rings. The second-order valence-electron chi connectivity index (χ2n) is 8.55. The van der Waals surface area contributed by atoms with Gasteiger partial charge in [0.2, 0.25) is 11.8 Å². The molecule has 3 aliphatic heterocycles. The fraction of sp³-hybridized carbons (Fsp3) is 0.269. The van der Waals surface area contributed by atoms with Gasteiger partial charge in [-0.1, -0.05) is 6.08 Å². The molecule has 0 aliphatic carbocycles. The van der Waals surface area contributed by atoms with Crippen molar-refractivity contribution in [3.8, 4) is 17.2 Å². The minimum absolute atomic E-state index is 0.287. The summed E-state index contributed by atoms with van der Waals surface area (Å²) in [6, 6.07) is 9.33. The van der Waals surface area contributed by atoms with Crippen LogP contribution in [0.15, 0.2) is 59.7 Å². The van der Waals surface area contributed by atoms with Crippen LogP contribution in [0.25, 0.3) is 0 Å². The van der Waals surface area contributed by atoms with E-state index in [0.29, 0.717) is 22.8 Å². The number of esters is 1. The Morgan fingerprint density at radius 3 is 2.28 bits per heavy atom. The maximum Gasteiger partial charge on any atom is 0.308 e. The minimum Gasteiger partial charge on any atom is -0.497 e. The van der Waals surface area contributed by atoms with Crippen molar-refractivity contribution >= 4 is 35.5 Å². The van der Waals surface area contributed by atoms with Crippen LogP contribution in [0.2, 0.25) is 0 Å². The molecule has 0 aromatic heterocycles. The normalized spacial score (nSPS) is 24.0. The van der Waals surface area contributed by atoms with Gasteiger partial charge in [-0.25, -0.2) is 4.90 Å². The molecule has 4 unspecified atom stereocenters. The van der Waals surface area contributed by atoms with Crippen molar-refractivity contribution < 1.29 is 33.4 Å². The van der Waals surface area contributed by atoms with Crippen LogP contribution in [0.5, 0.6) is 17.2 Å². The fourth-order valence-electron chi connectivity index (χ4n) is 5.07. The number of ketones is 1. The number of allylic oxidation sites excluding steroid dienone is 1. The molecule has 5 rings (SSSR count). The highest BCUT2D eigenvalue weighted by Gasteiger charge is 2.64. The highest BCUT2D eigenvalue weighted by atomic mass is 16.5. The van der Waals surface area contributed by atoms with Crippen LogP contribution in [0.3, 0.4) is 0 Å². The molecule has 0 radical (unpaired) electrons. The monoisotopic (exact) mass is 489 g/mol. The van der Waals surface area contributed by atoms with E-state index >= 15 is 0 Å². The van der Waals surface area contributed by atoms with Gasteiger partial charge >= 0.3 is 5.97 Å². The fourth-order valence-corrected chi connectivity index (χ4v) is 5.07. The molecule has 0 N–H and O–H groups in total. The Kier molecular flexibility index (Phi) is 5.79. The number of fused-ring (bicyclic) bond motifs is 3. The molecule has 2 fully saturated rings. The largest absolute Gasteiger partial charge is 0.497 e. The van der Waals surface area contributed by atoms with Gasteiger partial charge in [0.25, 0.3) is 0 Å². The molecule has 2 aromatic carbocycles. The van der Waals surface area contributed by atoms with Gasteiger partial charge < -0.3 is 14.2 Å². The molecule has 0 bridgehead atoms. The van der Waals surface area contributed by atoms with Crippen LogP contribution in [0, 0.1) is 11.8 Å². The van der Waals surface area contributed by atoms with Crippen molar-refractivity contribution in [1.82, 2.24) is 5.01 Å². The highest BCUT2D eigenvalue weighted by molar-refractivity contribution is 6.25. The third-order valence-electron chi connectivity index (χ3n) is 6.59. The van der Waals surface area contributed by atoms with Gasteiger partial charge in [-0.3, -0.25) is 24.2 Å². The van der Waals surface area contributed by atoms with E-state index in [1.54, 1.807) is 30.4 Å². The SMILES string of the molecule is COc1ccc(N2C(=O)C3C(C2=O)C(C(=O)c2ccc(OC(C)=O)cc2)N2N=CC=CC32)c(OC)c1. The van der Waals surface area contributed by atoms with Crippen LogP contribution in [-0.2, 0) is 14.4 Å². The lowest BCUT2D eigenvalue weighted by molar-refractivity contribution is -0.132. The summed E-state index contributed by atoms with van der Waals surface area (Å²) in [5.41, 5.74) is 0.593. The molecule has 4 atom stereocenters. The van der Waals surface area contributed by atoms with Gasteiger partial charge in [0.1, 0.15) is 23.3 Å². The Hall–Kier alpha value is -4.47. The number of benzene rings is 2. The smallest absolute Gasteiger partial charge is 0.308 e. The predicted octanol–water partition coefficient (Wildman–Crippen LogP) is 2.23. The number of rotatable bonds is 6. The quantitative estimate of drug-likeness (QED) is 0.263. The number of carbonyl (C=O) groups excluding carboxylic acids is 4. The van der Waals surface area contributed by atoms with Crippen LogP contribution in [0.4, 0.5) is 5.69 Å². The van der Waals surface area contributed by atoms with Crippen LogP contribution >= 0.6 is 0 Å². The third-order valence-corrected chi connectivity index (χ3v) is 6.59. The van der Waals surface area contributed by atoms with E-state index in [9.17, 15) is 19.2 Å². The number of carbonyl (C=O) groups is 4. The van der Waals surface area contributed by atoms with E-state index in [2.05, 4.69) is 5.10 Å². The molecule has 3 heterocycles. The van der Waals surface area contributed by atoms with E-state index in [-0.39, 0.29) is 11.5 Å². The second-order valence-corrected chi connectivity index (χ2v) is 8.55. The van der Waals surface area contributed by atoms with E-state index in [1.807, 2.05) is 0 Å². The average molecular weight is 489 g/mol. The van der Waals surface area contributed by atoms with Gasteiger partial charge in [-0.2, -0.15) is 5.10 Å². The standard InChI is InChI=1S/C26H23N3O7/c1-14(30)36-16-8-6-15(7-9-16)24(31)23-22-21(19-5-4-12-27-29(19)23)25(32)28(26(22)33)18-11-10-17(34-2)13-20(18)35-3/h4-13,19,21-23H,1-3H3. The summed E-state index contributed by atoms with van der Waals surface area (Å²) < 4.78 is 15.7. The molecule has 0 saturated carbocycles. The van der Waals surface area contributed by atoms with Crippen LogP contribution in [-0.4, -0.2) is 61.1 Å². The Bertz CT molecular complexity index is 1320. The summed E-state index contributed by atoms with van der Waals surface area (Å²) >= 11 is 0. The lowest BCUT2D eigenvalue weighted by Crippen LogP contribution is -2.46. The Labute approximate surface area is 206 Å². The van der Waals surface area contributed by atoms with E-state index in [0.717, 1.165) is 4.90 Å². The predicted molar refractivity (Wildman–Crippen MR) is 128 cm³/mol. The number of hydrogen-bond donors (Lipinski definition) is 0. The highest BCUT2D eigenvalue weighted by Crippen LogP contribution is 2.48. The van der Waals surface area contributed by atoms with E-state index < -0.39 is 41.7 Å². The van der Waals surface area contributed by atoms with E-state index in [4.69, 9.17) is 14.2 Å². The Morgan fingerprint density at radius 2 is 1.61 bits per heavy atom. The van der Waals surface area contributed by atoms with Crippen molar-refractivity contribution in [1.29, 1.82) is 0 Å². The second kappa shape index (κ2) is 8.95. The van der Waals surface area contributed by atoms with Gasteiger partial charge in [-0.05, 0) is 42.5 Å². The van der Waals surface area contributed by atoms with Crippen molar-refractivity contribution in [2.75, 3.05) is 19.1 Å². The number of ether oxygens (including phenoxy) is 3. The minimum atomic E-state index is -0.994. The van der Waals surface area contributed by atoms with Crippen molar-refractivity contribution in [2.24, 2.45) is 16.9 Å². The number of anilines is 1. The molecular formula is C26H23N3O7. The first-order valence-corrected chi connectivity index (χ1v) is 11.3. The molecule has 10 nitrogen and oxygen atoms in total. The van der Waals surface area contributed by atoms with Crippen LogP contribution < -0.4 is 19.1 Å². The molecular weight excluding hydrogens is 466 g/mol. The maximum atomic E-state index is 13.8. The van der Waals surface area contributed by atoms with Gasteiger partial charge in [0, 0.05) is 24.8 Å². The number of hydrogen-bond acceptors (Lipinski definition) is 9. The number of methoxy groups -OCH3 is 2. The number of imide groups is 1. The van der Waals surface area contributed by atoms with Gasteiger partial charge in [-0.15, -0.1) is 0 Å². The lowest BCUT2D eigenvalue weighted by atomic mass is 9.86. The zero-order chi connectivity index (χ0) is 25.6. The Balaban J connectivity index is 1.53. The van der Waals surface area contributed by atoms with Crippen molar-refractivity contribution in [2.45, 2.75) is 19.0 Å². The zero-order valence-electron chi connectivity index (χ0n) is 19.8. The first-order valence-electron chi connectivity index (χ1n) is 11.3. The number of Topliss-reactive ketones (excluding diaryl/α,β-unsaturated/α-hetero) is 1. The van der Waals surface area contributed by atoms with E-state index in [1.165, 1.54) is 56.6 Å². The van der Waals surface area contributed by atoms with Gasteiger partial charge in [0.05, 0.1) is 37.8 Å². The summed E-state index contributed by atoms with van der Waals surface area (Å²) in [4.78, 5) is 53.5. The molecule has 2 amide bonds. The molecule has 36 heavy (non-hydrogen) atoms. The molecule has 2 saturated heterocycles. The summed E-state index contributed by atoms with van der Waals surface area (Å²) in [7, 11) is 2.95. The Morgan fingerprint density at radius 1 is 0.917 bits per heavy atom. The van der Waals surface area contributed by atoms with Crippen molar-refractivity contribution in [3.05, 3.63) is 60.2 Å². The summed E-state index contributed by atoms with van der Waals surface area (Å²) in [5.74, 6) is -2.41. The lowest BCUT2D eigenvalue weighted by Gasteiger charge is -2.30. The third kappa shape index (κ3) is 3.62. The summed E-state index contributed by atoms with van der Waals surface area (Å²) in [6.07, 6.45) is 5.01. The van der Waals surface area contributed by atoms with Crippen LogP contribution in [0.1, 0.15) is 17.3 Å². The molecule has 3 aliphatic rings. The molecule has 0 spiro atoms. The molecule has 184 valence electrons. The maximum absolute atomic E-state index is 13.8. The summed E-state index contributed by atoms with van der Waals surface area (Å²) in [6.45, 7) is 1.28. The number of nitrogens with zero attached hydrogens (tertiary/aromatic N) is 3.